The van der Waals surface area contributed by atoms with Crippen molar-refractivity contribution in [1.29, 1.82) is 0 Å². The molecule has 24 heavy (non-hydrogen) atoms. The zero-order chi connectivity index (χ0) is 17.5. The van der Waals surface area contributed by atoms with Crippen LogP contribution in [0.3, 0.4) is 0 Å². The molecule has 2 N–H and O–H groups in total. The number of rotatable bonds is 6. The molecule has 126 valence electrons. The number of carbonyl (C=O) groups is 2. The quantitative estimate of drug-likeness (QED) is 0.841. The van der Waals surface area contributed by atoms with Crippen molar-refractivity contribution in [3.8, 4) is 11.5 Å². The minimum Gasteiger partial charge on any atom is -0.497 e. The fourth-order valence-corrected chi connectivity index (χ4v) is 2.17. The normalized spacial score (nSPS) is 9.96. The number of nitrogens with one attached hydrogen (secondary N) is 2. The van der Waals surface area contributed by atoms with Gasteiger partial charge in [0.1, 0.15) is 11.5 Å². The number of ether oxygens (including phenoxy) is 2. The molecule has 0 radical (unpaired) electrons. The van der Waals surface area contributed by atoms with Gasteiger partial charge in [0, 0.05) is 34.5 Å². The first-order chi connectivity index (χ1) is 11.5. The average molecular weight is 349 g/mol. The monoisotopic (exact) mass is 348 g/mol. The largest absolute Gasteiger partial charge is 0.497 e. The summed E-state index contributed by atoms with van der Waals surface area (Å²) in [6, 6.07) is 11.5. The SMILES string of the molecule is COc1cc(NC(=O)CNC(=O)c2cccc(Cl)c2)cc(OC)c1. The van der Waals surface area contributed by atoms with Crippen LogP contribution in [0.2, 0.25) is 5.02 Å². The van der Waals surface area contributed by atoms with E-state index in [0.717, 1.165) is 0 Å². The minimum absolute atomic E-state index is 0.176. The third-order valence-electron chi connectivity index (χ3n) is 3.13. The van der Waals surface area contributed by atoms with Gasteiger partial charge in [-0.25, -0.2) is 0 Å². The van der Waals surface area contributed by atoms with E-state index in [1.165, 1.54) is 20.3 Å². The van der Waals surface area contributed by atoms with Crippen LogP contribution in [0.5, 0.6) is 11.5 Å². The molecule has 0 saturated carbocycles. The van der Waals surface area contributed by atoms with Gasteiger partial charge >= 0.3 is 0 Å². The van der Waals surface area contributed by atoms with Crippen molar-refractivity contribution in [3.63, 3.8) is 0 Å². The van der Waals surface area contributed by atoms with Crippen molar-refractivity contribution < 1.29 is 19.1 Å². The van der Waals surface area contributed by atoms with Crippen LogP contribution in [0.1, 0.15) is 10.4 Å². The third kappa shape index (κ3) is 4.89. The lowest BCUT2D eigenvalue weighted by molar-refractivity contribution is -0.115. The van der Waals surface area contributed by atoms with Gasteiger partial charge in [0.15, 0.2) is 0 Å². The molecule has 0 aliphatic carbocycles. The van der Waals surface area contributed by atoms with Gasteiger partial charge in [0.05, 0.1) is 20.8 Å². The zero-order valence-corrected chi connectivity index (χ0v) is 14.0. The molecule has 0 aliphatic heterocycles. The molecule has 0 atom stereocenters. The maximum atomic E-state index is 12.0. The molecule has 0 saturated heterocycles. The van der Waals surface area contributed by atoms with Crippen LogP contribution in [0.15, 0.2) is 42.5 Å². The van der Waals surface area contributed by atoms with Crippen LogP contribution in [0, 0.1) is 0 Å². The van der Waals surface area contributed by atoms with E-state index in [1.54, 1.807) is 36.4 Å². The van der Waals surface area contributed by atoms with Gasteiger partial charge in [0.25, 0.3) is 5.91 Å². The highest BCUT2D eigenvalue weighted by Gasteiger charge is 2.10. The molecular formula is C17H17ClN2O4. The van der Waals surface area contributed by atoms with Crippen LogP contribution in [-0.4, -0.2) is 32.6 Å². The predicted molar refractivity (Wildman–Crippen MR) is 92.0 cm³/mol. The summed E-state index contributed by atoms with van der Waals surface area (Å²) in [7, 11) is 3.04. The Morgan fingerprint density at radius 1 is 1.04 bits per heavy atom. The number of hydrogen-bond acceptors (Lipinski definition) is 4. The molecule has 2 aromatic carbocycles. The lowest BCUT2D eigenvalue weighted by atomic mass is 10.2. The predicted octanol–water partition coefficient (Wildman–Crippen LogP) is 2.73. The number of hydrogen-bond donors (Lipinski definition) is 2. The number of anilines is 1. The molecule has 2 rings (SSSR count). The van der Waals surface area contributed by atoms with Gasteiger partial charge in [0.2, 0.25) is 5.91 Å². The molecule has 2 amide bonds. The van der Waals surface area contributed by atoms with E-state index in [2.05, 4.69) is 10.6 Å². The first kappa shape index (κ1) is 17.6. The average Bonchev–Trinajstić information content (AvgIpc) is 2.59. The number of amides is 2. The van der Waals surface area contributed by atoms with Gasteiger partial charge < -0.3 is 20.1 Å². The second-order valence-corrected chi connectivity index (χ2v) is 5.28. The summed E-state index contributed by atoms with van der Waals surface area (Å²) < 4.78 is 10.3. The Morgan fingerprint density at radius 3 is 2.29 bits per heavy atom. The molecule has 7 heteroatoms. The van der Waals surface area contributed by atoms with E-state index < -0.39 is 0 Å². The Morgan fingerprint density at radius 2 is 1.71 bits per heavy atom. The van der Waals surface area contributed by atoms with Crippen LogP contribution < -0.4 is 20.1 Å². The molecule has 0 unspecified atom stereocenters. The molecule has 2 aromatic rings. The van der Waals surface area contributed by atoms with Gasteiger partial charge in [-0.2, -0.15) is 0 Å². The molecule has 0 bridgehead atoms. The van der Waals surface area contributed by atoms with Gasteiger partial charge in [-0.1, -0.05) is 17.7 Å². The minimum atomic E-state index is -0.379. The molecule has 0 spiro atoms. The molecule has 0 fully saturated rings. The highest BCUT2D eigenvalue weighted by Crippen LogP contribution is 2.25. The maximum absolute atomic E-state index is 12.0. The van der Waals surface area contributed by atoms with Crippen molar-refractivity contribution in [3.05, 3.63) is 53.1 Å². The summed E-state index contributed by atoms with van der Waals surface area (Å²) in [5, 5.41) is 5.66. The second kappa shape index (κ2) is 8.21. The molecule has 6 nitrogen and oxygen atoms in total. The topological polar surface area (TPSA) is 76.7 Å². The highest BCUT2D eigenvalue weighted by molar-refractivity contribution is 6.31. The van der Waals surface area contributed by atoms with E-state index in [0.29, 0.717) is 27.8 Å². The fourth-order valence-electron chi connectivity index (χ4n) is 1.98. The van der Waals surface area contributed by atoms with E-state index in [4.69, 9.17) is 21.1 Å². The summed E-state index contributed by atoms with van der Waals surface area (Å²) in [6.07, 6.45) is 0. The summed E-state index contributed by atoms with van der Waals surface area (Å²) >= 11 is 5.83. The number of methoxy groups -OCH3 is 2. The molecule has 0 aromatic heterocycles. The second-order valence-electron chi connectivity index (χ2n) is 4.84. The Hall–Kier alpha value is -2.73. The molecule has 0 heterocycles. The first-order valence-corrected chi connectivity index (χ1v) is 7.46. The van der Waals surface area contributed by atoms with Crippen molar-refractivity contribution in [2.24, 2.45) is 0 Å². The van der Waals surface area contributed by atoms with Crippen LogP contribution >= 0.6 is 11.6 Å². The Balaban J connectivity index is 1.95. The van der Waals surface area contributed by atoms with Gasteiger partial charge in [-0.05, 0) is 18.2 Å². The molecular weight excluding hydrogens is 332 g/mol. The smallest absolute Gasteiger partial charge is 0.251 e. The number of benzene rings is 2. The third-order valence-corrected chi connectivity index (χ3v) is 3.37. The molecule has 0 aliphatic rings. The van der Waals surface area contributed by atoms with Crippen molar-refractivity contribution in [1.82, 2.24) is 5.32 Å². The number of carbonyl (C=O) groups excluding carboxylic acids is 2. The van der Waals surface area contributed by atoms with Gasteiger partial charge in [-0.3, -0.25) is 9.59 Å². The van der Waals surface area contributed by atoms with E-state index in [9.17, 15) is 9.59 Å². The van der Waals surface area contributed by atoms with Crippen LogP contribution in [-0.2, 0) is 4.79 Å². The van der Waals surface area contributed by atoms with Crippen LogP contribution in [0.4, 0.5) is 5.69 Å². The zero-order valence-electron chi connectivity index (χ0n) is 13.3. The Labute approximate surface area is 144 Å². The summed E-state index contributed by atoms with van der Waals surface area (Å²) in [5.74, 6) is 0.344. The Kier molecular flexibility index (Phi) is 6.03. The highest BCUT2D eigenvalue weighted by atomic mass is 35.5. The van der Waals surface area contributed by atoms with Crippen LogP contribution in [0.25, 0.3) is 0 Å². The van der Waals surface area contributed by atoms with Crippen molar-refractivity contribution in [2.45, 2.75) is 0 Å². The number of halogens is 1. The summed E-state index contributed by atoms with van der Waals surface area (Å²) in [6.45, 7) is -0.176. The maximum Gasteiger partial charge on any atom is 0.251 e. The Bertz CT molecular complexity index is 727. The van der Waals surface area contributed by atoms with E-state index in [1.807, 2.05) is 0 Å². The lowest BCUT2D eigenvalue weighted by Gasteiger charge is -2.10. The van der Waals surface area contributed by atoms with Crippen molar-refractivity contribution in [2.75, 3.05) is 26.1 Å². The summed E-state index contributed by atoms with van der Waals surface area (Å²) in [5.41, 5.74) is 0.895. The summed E-state index contributed by atoms with van der Waals surface area (Å²) in [4.78, 5) is 23.9. The van der Waals surface area contributed by atoms with Crippen molar-refractivity contribution >= 4 is 29.1 Å². The van der Waals surface area contributed by atoms with E-state index >= 15 is 0 Å². The van der Waals surface area contributed by atoms with E-state index in [-0.39, 0.29) is 18.4 Å². The van der Waals surface area contributed by atoms with Gasteiger partial charge in [-0.15, -0.1) is 0 Å². The first-order valence-electron chi connectivity index (χ1n) is 7.08. The lowest BCUT2D eigenvalue weighted by Crippen LogP contribution is -2.32. The fraction of sp³-hybridized carbons (Fsp3) is 0.176. The standard InChI is InChI=1S/C17H17ClN2O4/c1-23-14-7-13(8-15(9-14)24-2)20-16(21)10-19-17(22)11-4-3-5-12(18)6-11/h3-9H,10H2,1-2H3,(H,19,22)(H,20,21).